The smallest absolute Gasteiger partial charge is 0.407 e. The molecule has 0 spiro atoms. The summed E-state index contributed by atoms with van der Waals surface area (Å²) >= 11 is 6.39. The highest BCUT2D eigenvalue weighted by molar-refractivity contribution is 14.1. The Morgan fingerprint density at radius 3 is 2.26 bits per heavy atom. The van der Waals surface area contributed by atoms with E-state index >= 15 is 0 Å². The fourth-order valence-electron chi connectivity index (χ4n) is 2.13. The number of rotatable bonds is 5. The Bertz CT molecular complexity index is 811. The lowest BCUT2D eigenvalue weighted by Gasteiger charge is -2.19. The molecule has 0 fully saturated rings. The van der Waals surface area contributed by atoms with Crippen molar-refractivity contribution in [3.05, 3.63) is 46.6 Å². The van der Waals surface area contributed by atoms with Crippen LogP contribution in [0, 0.1) is 10.7 Å². The minimum Gasteiger partial charge on any atom is -0.506 e. The van der Waals surface area contributed by atoms with Crippen LogP contribution in [0.1, 0.15) is 26.3 Å². The maximum absolute atomic E-state index is 11.7. The van der Waals surface area contributed by atoms with Crippen molar-refractivity contribution in [3.8, 4) is 17.2 Å². The summed E-state index contributed by atoms with van der Waals surface area (Å²) in [7, 11) is 0. The second-order valence-corrected chi connectivity index (χ2v) is 10.3. The maximum atomic E-state index is 11.7. The van der Waals surface area contributed by atoms with E-state index < -0.39 is 11.7 Å². The van der Waals surface area contributed by atoms with Gasteiger partial charge in [0.05, 0.1) is 10.7 Å². The van der Waals surface area contributed by atoms with Gasteiger partial charge in [0.2, 0.25) is 0 Å². The zero-order chi connectivity index (χ0) is 20.2. The number of benzene rings is 2. The number of phenols is 1. The van der Waals surface area contributed by atoms with Gasteiger partial charge in [0.25, 0.3) is 0 Å². The molecule has 0 aliphatic rings. The number of halogens is 3. The molecule has 0 aliphatic heterocycles. The molecule has 0 radical (unpaired) electrons. The maximum Gasteiger partial charge on any atom is 0.407 e. The first-order chi connectivity index (χ1) is 12.5. The third-order valence-electron chi connectivity index (χ3n) is 3.30. The third kappa shape index (κ3) is 7.44. The molecule has 0 aromatic heterocycles. The molecular weight excluding hydrogens is 687 g/mol. The molecule has 2 aromatic rings. The van der Waals surface area contributed by atoms with Crippen molar-refractivity contribution in [2.24, 2.45) is 0 Å². The highest BCUT2D eigenvalue weighted by Gasteiger charge is 2.15. The zero-order valence-electron chi connectivity index (χ0n) is 15.1. The fraction of sp³-hybridized carbons (Fsp3) is 0.316. The number of carbonyl (C=O) groups is 1. The van der Waals surface area contributed by atoms with Crippen molar-refractivity contribution in [3.63, 3.8) is 0 Å². The van der Waals surface area contributed by atoms with Gasteiger partial charge in [-0.15, -0.1) is 0 Å². The number of carbonyl (C=O) groups excluding carboxylic acids is 1. The summed E-state index contributed by atoms with van der Waals surface area (Å²) in [6.07, 6.45) is 0.290. The number of ether oxygens (including phenoxy) is 2. The average molecular weight is 707 g/mol. The lowest BCUT2D eigenvalue weighted by atomic mass is 10.1. The second-order valence-electron chi connectivity index (χ2n) is 6.78. The van der Waals surface area contributed by atoms with Crippen LogP contribution in [-0.4, -0.2) is 23.3 Å². The number of hydrogen-bond donors (Lipinski definition) is 2. The summed E-state index contributed by atoms with van der Waals surface area (Å²) in [6, 6.07) is 9.52. The largest absolute Gasteiger partial charge is 0.506 e. The monoisotopic (exact) mass is 707 g/mol. The van der Waals surface area contributed by atoms with E-state index in [-0.39, 0.29) is 5.75 Å². The number of alkyl carbamates (subject to hydrolysis) is 1. The molecule has 2 rings (SSSR count). The van der Waals surface area contributed by atoms with Crippen molar-refractivity contribution < 1.29 is 19.4 Å². The minimum atomic E-state index is -0.498. The number of amides is 1. The van der Waals surface area contributed by atoms with E-state index in [2.05, 4.69) is 73.1 Å². The molecule has 2 N–H and O–H groups in total. The molecule has 146 valence electrons. The van der Waals surface area contributed by atoms with Crippen LogP contribution in [0.15, 0.2) is 30.3 Å². The Morgan fingerprint density at radius 1 is 1.07 bits per heavy atom. The van der Waals surface area contributed by atoms with Crippen molar-refractivity contribution >= 4 is 73.9 Å². The van der Waals surface area contributed by atoms with Crippen molar-refractivity contribution in [2.75, 3.05) is 6.54 Å². The number of nitrogens with one attached hydrogen (secondary N) is 1. The summed E-state index contributed by atoms with van der Waals surface area (Å²) in [5, 5.41) is 12.6. The fourth-order valence-corrected chi connectivity index (χ4v) is 4.53. The lowest BCUT2D eigenvalue weighted by molar-refractivity contribution is 0.0528. The molecule has 0 saturated heterocycles. The van der Waals surface area contributed by atoms with Gasteiger partial charge < -0.3 is 19.9 Å². The Balaban J connectivity index is 1.96. The molecule has 2 aromatic carbocycles. The van der Waals surface area contributed by atoms with Gasteiger partial charge >= 0.3 is 6.09 Å². The van der Waals surface area contributed by atoms with Crippen LogP contribution in [0.5, 0.6) is 17.2 Å². The standard InChI is InChI=1S/C19H20I3NO4/c1-19(2,3)27-18(25)23-7-6-11-4-5-16(13(20)8-11)26-12-9-14(21)17(24)15(22)10-12/h4-5,8-10,24H,6-7H2,1-3H3,(H,23,25). The van der Waals surface area contributed by atoms with Crippen LogP contribution in [0.4, 0.5) is 4.79 Å². The average Bonchev–Trinajstić information content (AvgIpc) is 2.53. The number of aromatic hydroxyl groups is 1. The van der Waals surface area contributed by atoms with E-state index in [1.54, 1.807) is 12.1 Å². The summed E-state index contributed by atoms with van der Waals surface area (Å²) < 4.78 is 13.6. The van der Waals surface area contributed by atoms with Gasteiger partial charge in [-0.1, -0.05) is 6.07 Å². The van der Waals surface area contributed by atoms with Crippen LogP contribution in [-0.2, 0) is 11.2 Å². The van der Waals surface area contributed by atoms with Crippen LogP contribution in [0.3, 0.4) is 0 Å². The molecule has 1 amide bonds. The van der Waals surface area contributed by atoms with E-state index in [4.69, 9.17) is 9.47 Å². The molecule has 0 unspecified atom stereocenters. The highest BCUT2D eigenvalue weighted by Crippen LogP contribution is 2.34. The summed E-state index contributed by atoms with van der Waals surface area (Å²) in [6.45, 7) is 6.01. The molecule has 5 nitrogen and oxygen atoms in total. The van der Waals surface area contributed by atoms with Gasteiger partial charge in [0.15, 0.2) is 0 Å². The van der Waals surface area contributed by atoms with Gasteiger partial charge in [-0.05, 0) is 125 Å². The van der Waals surface area contributed by atoms with E-state index in [0.717, 1.165) is 22.0 Å². The van der Waals surface area contributed by atoms with Crippen molar-refractivity contribution in [1.82, 2.24) is 5.32 Å². The Labute approximate surface area is 200 Å². The summed E-state index contributed by atoms with van der Waals surface area (Å²) in [5.41, 5.74) is 0.597. The SMILES string of the molecule is CC(C)(C)OC(=O)NCCc1ccc(Oc2cc(I)c(O)c(I)c2)c(I)c1. The van der Waals surface area contributed by atoms with Crippen molar-refractivity contribution in [2.45, 2.75) is 32.8 Å². The van der Waals surface area contributed by atoms with Gasteiger partial charge in [0, 0.05) is 6.54 Å². The van der Waals surface area contributed by atoms with Gasteiger partial charge in [-0.25, -0.2) is 4.79 Å². The number of phenolic OH excluding ortho intramolecular Hbond substituents is 1. The van der Waals surface area contributed by atoms with Crippen LogP contribution in [0.2, 0.25) is 0 Å². The molecule has 0 atom stereocenters. The van der Waals surface area contributed by atoms with Crippen LogP contribution in [0.25, 0.3) is 0 Å². The van der Waals surface area contributed by atoms with Gasteiger partial charge in [-0.3, -0.25) is 0 Å². The molecule has 0 heterocycles. The second kappa shape index (κ2) is 9.81. The first-order valence-corrected chi connectivity index (χ1v) is 11.4. The normalized spacial score (nSPS) is 11.2. The molecule has 27 heavy (non-hydrogen) atoms. The van der Waals surface area contributed by atoms with E-state index in [0.29, 0.717) is 18.7 Å². The molecule has 8 heteroatoms. The van der Waals surface area contributed by atoms with Gasteiger partial charge in [0.1, 0.15) is 22.8 Å². The zero-order valence-corrected chi connectivity index (χ0v) is 21.6. The topological polar surface area (TPSA) is 67.8 Å². The third-order valence-corrected chi connectivity index (χ3v) is 5.78. The van der Waals surface area contributed by atoms with E-state index in [9.17, 15) is 9.90 Å². The summed E-state index contributed by atoms with van der Waals surface area (Å²) in [4.78, 5) is 11.7. The van der Waals surface area contributed by atoms with Crippen molar-refractivity contribution in [1.29, 1.82) is 0 Å². The highest BCUT2D eigenvalue weighted by atomic mass is 127. The van der Waals surface area contributed by atoms with Gasteiger partial charge in [-0.2, -0.15) is 0 Å². The minimum absolute atomic E-state index is 0.270. The lowest BCUT2D eigenvalue weighted by Crippen LogP contribution is -2.33. The first kappa shape index (κ1) is 22.8. The predicted octanol–water partition coefficient (Wildman–Crippen LogP) is 6.07. The van der Waals surface area contributed by atoms with Crippen LogP contribution < -0.4 is 10.1 Å². The quantitative estimate of drug-likeness (QED) is 0.371. The molecule has 0 saturated carbocycles. The molecular formula is C19H20I3NO4. The molecule has 0 bridgehead atoms. The van der Waals surface area contributed by atoms with E-state index in [1.807, 2.05) is 39.0 Å². The first-order valence-electron chi connectivity index (χ1n) is 8.16. The Hall–Kier alpha value is -0.500. The van der Waals surface area contributed by atoms with Crippen LogP contribution >= 0.6 is 67.8 Å². The Kier molecular flexibility index (Phi) is 8.28. The van der Waals surface area contributed by atoms with E-state index in [1.165, 1.54) is 0 Å². The number of hydrogen-bond acceptors (Lipinski definition) is 4. The summed E-state index contributed by atoms with van der Waals surface area (Å²) in [5.74, 6) is 1.70. The Morgan fingerprint density at radius 2 is 1.70 bits per heavy atom. The predicted molar refractivity (Wildman–Crippen MR) is 131 cm³/mol. The molecule has 0 aliphatic carbocycles.